The fourth-order valence-electron chi connectivity index (χ4n) is 4.67. The second-order valence-electron chi connectivity index (χ2n) is 10.5. The van der Waals surface area contributed by atoms with Gasteiger partial charge in [0.1, 0.15) is 42.0 Å². The summed E-state index contributed by atoms with van der Waals surface area (Å²) in [6, 6.07) is 5.30. The number of likely N-dealkylation sites (N-methyl/N-ethyl adjacent to an activating group) is 1. The standard InChI is InChI=1S/C32H33F2N7O4S/c1-6-26(42)37-18(2)23-15-24(40-39-23)30-28(27-22(34)13-20(33)14-25(27)44-11-10-43-5)31-21(7-12-46-31)29(38-30)19-16-35-32(36-17-19)45-9-8-41(3)4/h6-7,12-18H,1,8-11H2,2-5H3,(H,37,42)(H,39,40). The SMILES string of the molecule is C=CC(=O)NC(C)c1cc(-c2nc(-c3cnc(OCCN(C)C)nc3)c3ccsc3c2-c2c(F)cc(F)cc2OCCOC)n[nH]1. The van der Waals surface area contributed by atoms with Crippen LogP contribution in [0.4, 0.5) is 8.78 Å². The van der Waals surface area contributed by atoms with Crippen molar-refractivity contribution >= 4 is 27.3 Å². The summed E-state index contributed by atoms with van der Waals surface area (Å²) < 4.78 is 47.6. The molecule has 1 amide bonds. The first-order valence-electron chi connectivity index (χ1n) is 14.3. The van der Waals surface area contributed by atoms with Crippen LogP contribution in [0.25, 0.3) is 43.9 Å². The maximum absolute atomic E-state index is 15.9. The third kappa shape index (κ3) is 7.19. The molecule has 0 aliphatic heterocycles. The van der Waals surface area contributed by atoms with Crippen molar-refractivity contribution in [3.8, 4) is 45.5 Å². The van der Waals surface area contributed by atoms with Crippen LogP contribution in [0.3, 0.4) is 0 Å². The van der Waals surface area contributed by atoms with Crippen molar-refractivity contribution in [2.45, 2.75) is 13.0 Å². The molecule has 0 bridgehead atoms. The Morgan fingerprint density at radius 2 is 1.89 bits per heavy atom. The molecule has 240 valence electrons. The molecule has 1 atom stereocenters. The molecular formula is C32H33F2N7O4S. The van der Waals surface area contributed by atoms with Gasteiger partial charge in [-0.1, -0.05) is 6.58 Å². The number of hydrogen-bond donors (Lipinski definition) is 2. The molecule has 14 heteroatoms. The second-order valence-corrected chi connectivity index (χ2v) is 11.4. The van der Waals surface area contributed by atoms with Crippen LogP contribution in [0.5, 0.6) is 11.8 Å². The molecule has 1 unspecified atom stereocenters. The lowest BCUT2D eigenvalue weighted by Crippen LogP contribution is -2.24. The third-order valence-corrected chi connectivity index (χ3v) is 7.88. The lowest BCUT2D eigenvalue weighted by molar-refractivity contribution is -0.117. The summed E-state index contributed by atoms with van der Waals surface area (Å²) in [6.45, 7) is 6.67. The topological polar surface area (TPSA) is 127 Å². The molecule has 5 rings (SSSR count). The van der Waals surface area contributed by atoms with Crippen molar-refractivity contribution in [2.24, 2.45) is 0 Å². The van der Waals surface area contributed by atoms with Gasteiger partial charge in [0.15, 0.2) is 0 Å². The Balaban J connectivity index is 1.69. The number of thiophene rings is 1. The van der Waals surface area contributed by atoms with Gasteiger partial charge in [0.05, 0.1) is 29.6 Å². The maximum Gasteiger partial charge on any atom is 0.316 e. The predicted molar refractivity (Wildman–Crippen MR) is 172 cm³/mol. The number of rotatable bonds is 14. The Labute approximate surface area is 268 Å². The van der Waals surface area contributed by atoms with Crippen molar-refractivity contribution in [1.82, 2.24) is 35.4 Å². The zero-order valence-electron chi connectivity index (χ0n) is 25.8. The number of methoxy groups -OCH3 is 1. The number of fused-ring (bicyclic) bond motifs is 1. The number of benzene rings is 1. The van der Waals surface area contributed by atoms with Crippen molar-refractivity contribution in [3.63, 3.8) is 0 Å². The molecule has 46 heavy (non-hydrogen) atoms. The Kier molecular flexibility index (Phi) is 10.3. The first kappa shape index (κ1) is 32.6. The number of hydrogen-bond acceptors (Lipinski definition) is 10. The minimum atomic E-state index is -0.831. The average Bonchev–Trinajstić information content (AvgIpc) is 3.72. The summed E-state index contributed by atoms with van der Waals surface area (Å²) in [5.74, 6) is -1.99. The minimum Gasteiger partial charge on any atom is -0.490 e. The van der Waals surface area contributed by atoms with E-state index in [1.54, 1.807) is 25.4 Å². The molecule has 11 nitrogen and oxygen atoms in total. The molecule has 5 aromatic rings. The molecule has 0 aliphatic carbocycles. The predicted octanol–water partition coefficient (Wildman–Crippen LogP) is 5.42. The van der Waals surface area contributed by atoms with E-state index in [4.69, 9.17) is 19.2 Å². The largest absolute Gasteiger partial charge is 0.490 e. The van der Waals surface area contributed by atoms with E-state index in [0.717, 1.165) is 12.1 Å². The molecule has 0 saturated heterocycles. The van der Waals surface area contributed by atoms with Gasteiger partial charge in [-0.15, -0.1) is 11.3 Å². The van der Waals surface area contributed by atoms with Gasteiger partial charge in [-0.2, -0.15) is 5.10 Å². The van der Waals surface area contributed by atoms with Crippen molar-refractivity contribution in [3.05, 3.63) is 72.0 Å². The monoisotopic (exact) mass is 649 g/mol. The molecule has 4 heterocycles. The summed E-state index contributed by atoms with van der Waals surface area (Å²) in [4.78, 5) is 27.7. The highest BCUT2D eigenvalue weighted by molar-refractivity contribution is 7.18. The van der Waals surface area contributed by atoms with Gasteiger partial charge in [-0.05, 0) is 44.6 Å². The van der Waals surface area contributed by atoms with E-state index < -0.39 is 17.7 Å². The molecule has 0 aliphatic rings. The van der Waals surface area contributed by atoms with Gasteiger partial charge in [-0.25, -0.2) is 23.7 Å². The number of amides is 1. The maximum atomic E-state index is 15.9. The number of carbonyl (C=O) groups is 1. The summed E-state index contributed by atoms with van der Waals surface area (Å²) in [7, 11) is 5.39. The first-order chi connectivity index (χ1) is 22.2. The highest BCUT2D eigenvalue weighted by Gasteiger charge is 2.27. The highest BCUT2D eigenvalue weighted by Crippen LogP contribution is 2.47. The molecular weight excluding hydrogens is 616 g/mol. The fourth-order valence-corrected chi connectivity index (χ4v) is 5.61. The zero-order chi connectivity index (χ0) is 32.8. The fraction of sp³-hybridized carbons (Fsp3) is 0.281. The van der Waals surface area contributed by atoms with Crippen LogP contribution in [0, 0.1) is 11.6 Å². The zero-order valence-corrected chi connectivity index (χ0v) is 26.6. The van der Waals surface area contributed by atoms with Crippen LogP contribution in [0.15, 0.2) is 54.7 Å². The van der Waals surface area contributed by atoms with Gasteiger partial charge in [0.25, 0.3) is 0 Å². The number of carbonyl (C=O) groups excluding carboxylic acids is 1. The van der Waals surface area contributed by atoms with Crippen LogP contribution in [-0.4, -0.2) is 83.5 Å². The molecule has 0 saturated carbocycles. The lowest BCUT2D eigenvalue weighted by atomic mass is 9.97. The van der Waals surface area contributed by atoms with Crippen LogP contribution in [0.2, 0.25) is 0 Å². The van der Waals surface area contributed by atoms with Crippen molar-refractivity contribution < 1.29 is 27.8 Å². The van der Waals surface area contributed by atoms with Gasteiger partial charge < -0.3 is 24.4 Å². The minimum absolute atomic E-state index is 0.00928. The number of H-pyrrole nitrogens is 1. The van der Waals surface area contributed by atoms with E-state index in [-0.39, 0.29) is 36.4 Å². The van der Waals surface area contributed by atoms with E-state index in [9.17, 15) is 9.18 Å². The Hall–Kier alpha value is -4.79. The van der Waals surface area contributed by atoms with E-state index in [1.165, 1.54) is 24.5 Å². The molecule has 0 spiro atoms. The summed E-state index contributed by atoms with van der Waals surface area (Å²) in [6.07, 6.45) is 4.40. The van der Waals surface area contributed by atoms with Gasteiger partial charge in [-0.3, -0.25) is 9.89 Å². The first-order valence-corrected chi connectivity index (χ1v) is 15.2. The van der Waals surface area contributed by atoms with E-state index in [1.807, 2.05) is 30.4 Å². The van der Waals surface area contributed by atoms with E-state index in [2.05, 4.69) is 32.1 Å². The smallest absolute Gasteiger partial charge is 0.316 e. The third-order valence-electron chi connectivity index (χ3n) is 6.94. The highest BCUT2D eigenvalue weighted by atomic mass is 32.1. The number of nitrogens with one attached hydrogen (secondary N) is 2. The van der Waals surface area contributed by atoms with E-state index >= 15 is 4.39 Å². The van der Waals surface area contributed by atoms with Crippen LogP contribution in [0.1, 0.15) is 18.7 Å². The number of nitrogens with zero attached hydrogens (tertiary/aromatic N) is 5. The molecule has 0 fully saturated rings. The van der Waals surface area contributed by atoms with Gasteiger partial charge in [0.2, 0.25) is 5.91 Å². The van der Waals surface area contributed by atoms with Crippen LogP contribution in [-0.2, 0) is 9.53 Å². The Bertz CT molecular complexity index is 1840. The Morgan fingerprint density at radius 3 is 2.61 bits per heavy atom. The number of aromatic nitrogens is 5. The lowest BCUT2D eigenvalue weighted by Gasteiger charge is -2.17. The molecule has 0 radical (unpaired) electrons. The normalized spacial score (nSPS) is 12.0. The second kappa shape index (κ2) is 14.5. The number of aromatic amines is 1. The van der Waals surface area contributed by atoms with Crippen LogP contribution >= 0.6 is 11.3 Å². The molecule has 2 N–H and O–H groups in total. The van der Waals surface area contributed by atoms with Crippen molar-refractivity contribution in [1.29, 1.82) is 0 Å². The quantitative estimate of drug-likeness (QED) is 0.120. The summed E-state index contributed by atoms with van der Waals surface area (Å²) in [5, 5.41) is 12.8. The van der Waals surface area contributed by atoms with Gasteiger partial charge >= 0.3 is 6.01 Å². The van der Waals surface area contributed by atoms with Crippen molar-refractivity contribution in [2.75, 3.05) is 47.6 Å². The molecule has 1 aromatic carbocycles. The summed E-state index contributed by atoms with van der Waals surface area (Å²) in [5.41, 5.74) is 2.73. The number of ether oxygens (including phenoxy) is 3. The van der Waals surface area contributed by atoms with E-state index in [0.29, 0.717) is 57.1 Å². The van der Waals surface area contributed by atoms with Gasteiger partial charge in [0, 0.05) is 59.4 Å². The molecule has 4 aromatic heterocycles. The number of halogens is 2. The Morgan fingerprint density at radius 1 is 1.11 bits per heavy atom. The van der Waals surface area contributed by atoms with Crippen LogP contribution < -0.4 is 14.8 Å². The number of pyridine rings is 1. The average molecular weight is 650 g/mol. The summed E-state index contributed by atoms with van der Waals surface area (Å²) >= 11 is 1.36.